The molecular weight excluding hydrogens is 256 g/mol. The molecule has 1 atom stereocenters. The molecule has 6 heteroatoms. The number of nitrogens with zero attached hydrogens (tertiary/aromatic N) is 3. The zero-order valence-corrected chi connectivity index (χ0v) is 12.8. The molecule has 20 heavy (non-hydrogen) atoms. The molecule has 1 N–H and O–H groups in total. The normalized spacial score (nSPS) is 20.2. The van der Waals surface area contributed by atoms with Crippen LogP contribution in [0.2, 0.25) is 0 Å². The van der Waals surface area contributed by atoms with Crippen LogP contribution in [-0.2, 0) is 16.0 Å². The smallest absolute Gasteiger partial charge is 0.203 e. The lowest BCUT2D eigenvalue weighted by molar-refractivity contribution is -0.0272. The molecule has 114 valence electrons. The van der Waals surface area contributed by atoms with E-state index in [-0.39, 0.29) is 6.10 Å². The van der Waals surface area contributed by atoms with Gasteiger partial charge < -0.3 is 24.3 Å². The first-order chi connectivity index (χ1) is 9.69. The second kappa shape index (κ2) is 7.61. The minimum Gasteiger partial charge on any atom is -0.385 e. The second-order valence-electron chi connectivity index (χ2n) is 5.39. The quantitative estimate of drug-likeness (QED) is 0.755. The molecule has 1 aliphatic heterocycles. The molecule has 1 aliphatic rings. The molecule has 0 aromatic carbocycles. The fourth-order valence-corrected chi connectivity index (χ4v) is 2.44. The van der Waals surface area contributed by atoms with Gasteiger partial charge in [-0.25, -0.2) is 4.98 Å². The standard InChI is InChI=1S/C14H26N4O2/c1-12-9-18(11-13-10-17(2)6-8-20-13)14(16-12)15-5-4-7-19-3/h9,13H,4-8,10-11H2,1-3H3,(H,15,16). The van der Waals surface area contributed by atoms with Gasteiger partial charge in [0.15, 0.2) is 0 Å². The summed E-state index contributed by atoms with van der Waals surface area (Å²) in [6.45, 7) is 7.30. The highest BCUT2D eigenvalue weighted by molar-refractivity contribution is 5.28. The number of rotatable bonds is 7. The average Bonchev–Trinajstić information content (AvgIpc) is 2.75. The van der Waals surface area contributed by atoms with Gasteiger partial charge in [0.2, 0.25) is 5.95 Å². The molecule has 1 aromatic heterocycles. The van der Waals surface area contributed by atoms with Crippen molar-refractivity contribution in [2.45, 2.75) is 26.0 Å². The van der Waals surface area contributed by atoms with Crippen molar-refractivity contribution in [1.29, 1.82) is 0 Å². The van der Waals surface area contributed by atoms with Gasteiger partial charge in [0.25, 0.3) is 0 Å². The van der Waals surface area contributed by atoms with Gasteiger partial charge in [-0.3, -0.25) is 0 Å². The summed E-state index contributed by atoms with van der Waals surface area (Å²) in [5.74, 6) is 0.926. The van der Waals surface area contributed by atoms with Crippen molar-refractivity contribution in [2.24, 2.45) is 0 Å². The van der Waals surface area contributed by atoms with Crippen molar-refractivity contribution in [2.75, 3.05) is 52.3 Å². The molecule has 1 saturated heterocycles. The predicted octanol–water partition coefficient (Wildman–Crippen LogP) is 0.971. The maximum absolute atomic E-state index is 5.82. The molecule has 0 bridgehead atoms. The number of nitrogens with one attached hydrogen (secondary N) is 1. The number of morpholine rings is 1. The summed E-state index contributed by atoms with van der Waals surface area (Å²) in [4.78, 5) is 6.84. The predicted molar refractivity (Wildman–Crippen MR) is 79.2 cm³/mol. The van der Waals surface area contributed by atoms with Crippen molar-refractivity contribution in [3.05, 3.63) is 11.9 Å². The first kappa shape index (κ1) is 15.3. The van der Waals surface area contributed by atoms with Crippen LogP contribution in [0.15, 0.2) is 6.20 Å². The monoisotopic (exact) mass is 282 g/mol. The van der Waals surface area contributed by atoms with Crippen LogP contribution in [0.4, 0.5) is 5.95 Å². The molecule has 1 unspecified atom stereocenters. The molecule has 2 heterocycles. The van der Waals surface area contributed by atoms with E-state index in [0.717, 1.165) is 57.5 Å². The minimum atomic E-state index is 0.238. The number of hydrogen-bond acceptors (Lipinski definition) is 5. The van der Waals surface area contributed by atoms with Crippen molar-refractivity contribution < 1.29 is 9.47 Å². The van der Waals surface area contributed by atoms with Crippen LogP contribution in [0, 0.1) is 6.92 Å². The highest BCUT2D eigenvalue weighted by Crippen LogP contribution is 2.13. The summed E-state index contributed by atoms with van der Waals surface area (Å²) in [6.07, 6.45) is 3.30. The third-order valence-electron chi connectivity index (χ3n) is 3.45. The van der Waals surface area contributed by atoms with E-state index in [1.165, 1.54) is 0 Å². The first-order valence-corrected chi connectivity index (χ1v) is 7.25. The third kappa shape index (κ3) is 4.47. The lowest BCUT2D eigenvalue weighted by Crippen LogP contribution is -2.42. The van der Waals surface area contributed by atoms with Gasteiger partial charge >= 0.3 is 0 Å². The maximum atomic E-state index is 5.82. The lowest BCUT2D eigenvalue weighted by atomic mass is 10.3. The van der Waals surface area contributed by atoms with E-state index >= 15 is 0 Å². The Morgan fingerprint density at radius 1 is 1.55 bits per heavy atom. The number of likely N-dealkylation sites (N-methyl/N-ethyl adjacent to an activating group) is 1. The SMILES string of the molecule is COCCCNc1nc(C)cn1CC1CN(C)CCO1. The van der Waals surface area contributed by atoms with E-state index < -0.39 is 0 Å². The Balaban J connectivity index is 1.89. The van der Waals surface area contributed by atoms with Gasteiger partial charge in [-0.2, -0.15) is 0 Å². The highest BCUT2D eigenvalue weighted by atomic mass is 16.5. The Hall–Kier alpha value is -1.11. The van der Waals surface area contributed by atoms with Crippen LogP contribution in [0.25, 0.3) is 0 Å². The van der Waals surface area contributed by atoms with Crippen molar-refractivity contribution in [3.8, 4) is 0 Å². The molecule has 1 aromatic rings. The van der Waals surface area contributed by atoms with Gasteiger partial charge in [0.05, 0.1) is 24.9 Å². The molecule has 0 aliphatic carbocycles. The van der Waals surface area contributed by atoms with Crippen LogP contribution in [0.5, 0.6) is 0 Å². The Morgan fingerprint density at radius 3 is 3.15 bits per heavy atom. The van der Waals surface area contributed by atoms with Gasteiger partial charge in [-0.15, -0.1) is 0 Å². The number of aryl methyl sites for hydroxylation is 1. The van der Waals surface area contributed by atoms with Crippen LogP contribution in [0.3, 0.4) is 0 Å². The Morgan fingerprint density at radius 2 is 2.40 bits per heavy atom. The molecule has 0 saturated carbocycles. The average molecular weight is 282 g/mol. The maximum Gasteiger partial charge on any atom is 0.203 e. The largest absolute Gasteiger partial charge is 0.385 e. The summed E-state index contributed by atoms with van der Waals surface area (Å²) >= 11 is 0. The molecule has 0 radical (unpaired) electrons. The molecule has 6 nitrogen and oxygen atoms in total. The molecule has 1 fully saturated rings. The summed E-state index contributed by atoms with van der Waals surface area (Å²) in [7, 11) is 3.86. The van der Waals surface area contributed by atoms with E-state index in [9.17, 15) is 0 Å². The molecule has 2 rings (SSSR count). The number of aromatic nitrogens is 2. The first-order valence-electron chi connectivity index (χ1n) is 7.25. The van der Waals surface area contributed by atoms with Crippen molar-refractivity contribution >= 4 is 5.95 Å². The molecular formula is C14H26N4O2. The number of hydrogen-bond donors (Lipinski definition) is 1. The summed E-state index contributed by atoms with van der Waals surface area (Å²) in [5, 5.41) is 3.37. The lowest BCUT2D eigenvalue weighted by Gasteiger charge is -2.30. The zero-order valence-electron chi connectivity index (χ0n) is 12.8. The van der Waals surface area contributed by atoms with E-state index in [0.29, 0.717) is 0 Å². The second-order valence-corrected chi connectivity index (χ2v) is 5.39. The minimum absolute atomic E-state index is 0.238. The van der Waals surface area contributed by atoms with E-state index in [1.54, 1.807) is 7.11 Å². The Bertz CT molecular complexity index is 408. The van der Waals surface area contributed by atoms with Crippen LogP contribution >= 0.6 is 0 Å². The molecule has 0 amide bonds. The van der Waals surface area contributed by atoms with Crippen LogP contribution < -0.4 is 5.32 Å². The number of imidazole rings is 1. The number of methoxy groups -OCH3 is 1. The van der Waals surface area contributed by atoms with Gasteiger partial charge in [0.1, 0.15) is 0 Å². The third-order valence-corrected chi connectivity index (χ3v) is 3.45. The molecule has 0 spiro atoms. The Labute approximate surface area is 121 Å². The van der Waals surface area contributed by atoms with Gasteiger partial charge in [-0.05, 0) is 20.4 Å². The topological polar surface area (TPSA) is 51.5 Å². The van der Waals surface area contributed by atoms with Crippen LogP contribution in [-0.4, -0.2) is 67.6 Å². The fourth-order valence-electron chi connectivity index (χ4n) is 2.44. The highest BCUT2D eigenvalue weighted by Gasteiger charge is 2.19. The Kier molecular flexibility index (Phi) is 5.82. The summed E-state index contributed by atoms with van der Waals surface area (Å²) in [5.41, 5.74) is 1.03. The zero-order chi connectivity index (χ0) is 14.4. The van der Waals surface area contributed by atoms with E-state index in [4.69, 9.17) is 9.47 Å². The number of anilines is 1. The summed E-state index contributed by atoms with van der Waals surface area (Å²) in [6, 6.07) is 0. The number of ether oxygens (including phenoxy) is 2. The van der Waals surface area contributed by atoms with Gasteiger partial charge in [0, 0.05) is 39.5 Å². The van der Waals surface area contributed by atoms with Crippen LogP contribution in [0.1, 0.15) is 12.1 Å². The van der Waals surface area contributed by atoms with E-state index in [2.05, 4.69) is 33.0 Å². The van der Waals surface area contributed by atoms with Crippen molar-refractivity contribution in [1.82, 2.24) is 14.5 Å². The van der Waals surface area contributed by atoms with E-state index in [1.807, 2.05) is 6.92 Å². The fraction of sp³-hybridized carbons (Fsp3) is 0.786. The summed E-state index contributed by atoms with van der Waals surface area (Å²) < 4.78 is 13.0. The van der Waals surface area contributed by atoms with Crippen molar-refractivity contribution in [3.63, 3.8) is 0 Å². The van der Waals surface area contributed by atoms with Gasteiger partial charge in [-0.1, -0.05) is 0 Å².